The Morgan fingerprint density at radius 3 is 1.54 bits per heavy atom. The minimum Gasteiger partial charge on any atom is -0.289 e. The fourth-order valence-corrected chi connectivity index (χ4v) is 2.99. The third-order valence-corrected chi connectivity index (χ3v) is 4.17. The van der Waals surface area contributed by atoms with Crippen LogP contribution in [0.5, 0.6) is 0 Å². The van der Waals surface area contributed by atoms with Crippen LogP contribution < -0.4 is 0 Å². The van der Waals surface area contributed by atoms with Gasteiger partial charge in [0.2, 0.25) is 5.78 Å². The van der Waals surface area contributed by atoms with Crippen LogP contribution in [-0.2, 0) is 30.2 Å². The molecule has 4 heterocycles. The fourth-order valence-electron chi connectivity index (χ4n) is 2.99. The van der Waals surface area contributed by atoms with E-state index in [4.69, 9.17) is 0 Å². The molecule has 0 aliphatic carbocycles. The van der Waals surface area contributed by atoms with Gasteiger partial charge in [-0.05, 0) is 13.8 Å². The molecule has 0 radical (unpaired) electrons. The third-order valence-electron chi connectivity index (χ3n) is 4.17. The fraction of sp³-hybridized carbons (Fsp3) is 0.400. The van der Waals surface area contributed by atoms with Crippen molar-refractivity contribution in [3.8, 4) is 0 Å². The zero-order valence-electron chi connectivity index (χ0n) is 14.7. The molecule has 0 fully saturated rings. The monoisotopic (exact) mass is 352 g/mol. The van der Waals surface area contributed by atoms with Crippen molar-refractivity contribution in [2.45, 2.75) is 25.2 Å². The molecule has 0 bridgehead atoms. The smallest absolute Gasteiger partial charge is 0.264 e. The highest BCUT2D eigenvalue weighted by Gasteiger charge is 2.58. The number of carbonyl (C=O) groups is 1. The Hall–Kier alpha value is -3.37. The Bertz CT molecular complexity index is 945. The Labute approximate surface area is 148 Å². The van der Waals surface area contributed by atoms with Gasteiger partial charge in [0, 0.05) is 37.6 Å². The molecule has 26 heavy (non-hydrogen) atoms. The molecule has 132 valence electrons. The summed E-state index contributed by atoms with van der Waals surface area (Å²) in [5, 5.41) is 24.7. The molecular weight excluding hydrogens is 336 g/mol. The lowest BCUT2D eigenvalue weighted by molar-refractivity contribution is -0.129. The molecule has 2 atom stereocenters. The van der Waals surface area contributed by atoms with Gasteiger partial charge in [-0.25, -0.2) is 9.98 Å². The second-order valence-corrected chi connectivity index (χ2v) is 6.20. The first-order valence-electron chi connectivity index (χ1n) is 7.87. The van der Waals surface area contributed by atoms with E-state index >= 15 is 0 Å². The molecule has 11 heteroatoms. The van der Waals surface area contributed by atoms with E-state index in [1.807, 2.05) is 0 Å². The predicted molar refractivity (Wildman–Crippen MR) is 90.7 cm³/mol. The zero-order valence-corrected chi connectivity index (χ0v) is 14.7. The summed E-state index contributed by atoms with van der Waals surface area (Å²) >= 11 is 0. The van der Waals surface area contributed by atoms with Crippen molar-refractivity contribution in [2.24, 2.45) is 44.5 Å². The summed E-state index contributed by atoms with van der Waals surface area (Å²) < 4.78 is 3.15. The second-order valence-electron chi connectivity index (χ2n) is 6.20. The van der Waals surface area contributed by atoms with Gasteiger partial charge in [-0.3, -0.25) is 14.2 Å². The molecule has 0 N–H and O–H groups in total. The van der Waals surface area contributed by atoms with Crippen molar-refractivity contribution >= 4 is 17.5 Å². The van der Waals surface area contributed by atoms with E-state index in [1.54, 1.807) is 62.1 Å². The van der Waals surface area contributed by atoms with Crippen LogP contribution in [0, 0.1) is 0 Å². The average Bonchev–Trinajstić information content (AvgIpc) is 3.35. The van der Waals surface area contributed by atoms with Gasteiger partial charge in [0.1, 0.15) is 11.7 Å². The number of aliphatic imine (C=N–C) groups is 2. The van der Waals surface area contributed by atoms with E-state index in [0.717, 1.165) is 0 Å². The van der Waals surface area contributed by atoms with E-state index < -0.39 is 17.1 Å². The van der Waals surface area contributed by atoms with Gasteiger partial charge in [-0.1, -0.05) is 0 Å². The van der Waals surface area contributed by atoms with E-state index in [0.29, 0.717) is 22.8 Å². The molecule has 0 amide bonds. The van der Waals surface area contributed by atoms with Crippen molar-refractivity contribution in [1.82, 2.24) is 19.6 Å². The molecule has 2 aliphatic heterocycles. The molecule has 0 saturated heterocycles. The number of azo groups is 2. The first-order chi connectivity index (χ1) is 12.4. The highest BCUT2D eigenvalue weighted by Crippen LogP contribution is 2.44. The van der Waals surface area contributed by atoms with Crippen molar-refractivity contribution in [3.63, 3.8) is 0 Å². The number of hydrogen-bond acceptors (Lipinski definition) is 9. The van der Waals surface area contributed by atoms with E-state index in [1.165, 1.54) is 0 Å². The SMILES string of the molecule is CC1=NC(C(=O)C2(c3cnn(C)c3)N=NC(C)=N2)(c2cnn(C)c2)N=N1. The maximum absolute atomic E-state index is 13.8. The van der Waals surface area contributed by atoms with E-state index in [9.17, 15) is 4.79 Å². The Kier molecular flexibility index (Phi) is 3.29. The topological polar surface area (TPSA) is 127 Å². The summed E-state index contributed by atoms with van der Waals surface area (Å²) in [5.74, 6) is 0.297. The standard InChI is InChI=1S/C15H16N10O/c1-9-18-14(22-20-9,11-5-16-24(3)7-11)13(26)15(19-10(2)21-23-15)12-6-17-25(4)8-12/h5-8H,1-4H3. The molecule has 2 aliphatic rings. The van der Waals surface area contributed by atoms with Crippen LogP contribution in [0.25, 0.3) is 0 Å². The summed E-state index contributed by atoms with van der Waals surface area (Å²) in [7, 11) is 3.50. The van der Waals surface area contributed by atoms with Gasteiger partial charge in [-0.2, -0.15) is 10.2 Å². The molecular formula is C15H16N10O. The summed E-state index contributed by atoms with van der Waals surface area (Å²) in [6.07, 6.45) is 6.44. The van der Waals surface area contributed by atoms with Gasteiger partial charge < -0.3 is 0 Å². The quantitative estimate of drug-likeness (QED) is 0.827. The van der Waals surface area contributed by atoms with Crippen LogP contribution in [0.15, 0.2) is 55.2 Å². The van der Waals surface area contributed by atoms with Gasteiger partial charge in [0.15, 0.2) is 0 Å². The number of aromatic nitrogens is 4. The number of carbonyl (C=O) groups excluding carboxylic acids is 1. The first-order valence-corrected chi connectivity index (χ1v) is 7.87. The largest absolute Gasteiger partial charge is 0.289 e. The third kappa shape index (κ3) is 2.16. The molecule has 2 aromatic rings. The van der Waals surface area contributed by atoms with Crippen LogP contribution in [0.1, 0.15) is 25.0 Å². The Morgan fingerprint density at radius 2 is 1.27 bits per heavy atom. The summed E-state index contributed by atoms with van der Waals surface area (Å²) in [6, 6.07) is 0. The van der Waals surface area contributed by atoms with Crippen molar-refractivity contribution in [3.05, 3.63) is 35.9 Å². The average molecular weight is 352 g/mol. The van der Waals surface area contributed by atoms with Gasteiger partial charge in [0.25, 0.3) is 11.3 Å². The predicted octanol–water partition coefficient (Wildman–Crippen LogP) is 1.50. The van der Waals surface area contributed by atoms with Gasteiger partial charge in [0.05, 0.1) is 12.4 Å². The number of hydrogen-bond donors (Lipinski definition) is 0. The number of amidine groups is 2. The summed E-state index contributed by atoms with van der Waals surface area (Å²) in [6.45, 7) is 3.35. The van der Waals surface area contributed by atoms with Crippen molar-refractivity contribution < 1.29 is 4.79 Å². The Balaban J connectivity index is 1.93. The van der Waals surface area contributed by atoms with Crippen molar-refractivity contribution in [1.29, 1.82) is 0 Å². The lowest BCUT2D eigenvalue weighted by Gasteiger charge is -2.26. The van der Waals surface area contributed by atoms with Crippen LogP contribution >= 0.6 is 0 Å². The number of ketones is 1. The van der Waals surface area contributed by atoms with E-state index in [-0.39, 0.29) is 0 Å². The molecule has 11 nitrogen and oxygen atoms in total. The second kappa shape index (κ2) is 5.31. The van der Waals surface area contributed by atoms with E-state index in [2.05, 4.69) is 40.6 Å². The van der Waals surface area contributed by atoms with Gasteiger partial charge >= 0.3 is 0 Å². The zero-order chi connectivity index (χ0) is 18.5. The lowest BCUT2D eigenvalue weighted by Crippen LogP contribution is -2.44. The highest BCUT2D eigenvalue weighted by atomic mass is 16.1. The van der Waals surface area contributed by atoms with Crippen LogP contribution in [0.2, 0.25) is 0 Å². The minimum absolute atomic E-state index is 0.388. The first kappa shape index (κ1) is 16.1. The lowest BCUT2D eigenvalue weighted by atomic mass is 9.87. The summed E-state index contributed by atoms with van der Waals surface area (Å²) in [4.78, 5) is 22.7. The maximum atomic E-state index is 13.8. The van der Waals surface area contributed by atoms with Crippen LogP contribution in [0.4, 0.5) is 0 Å². The highest BCUT2D eigenvalue weighted by molar-refractivity contribution is 6.03. The normalized spacial score (nSPS) is 27.1. The molecule has 0 saturated carbocycles. The number of rotatable bonds is 4. The summed E-state index contributed by atoms with van der Waals surface area (Å²) in [5.41, 5.74) is -2.24. The van der Waals surface area contributed by atoms with Crippen molar-refractivity contribution in [2.75, 3.05) is 0 Å². The van der Waals surface area contributed by atoms with Gasteiger partial charge in [-0.15, -0.1) is 20.5 Å². The molecule has 4 rings (SSSR count). The number of Topliss-reactive ketones (excluding diaryl/α,β-unsaturated/α-hetero) is 1. The molecule has 0 spiro atoms. The minimum atomic E-state index is -1.61. The van der Waals surface area contributed by atoms with Crippen LogP contribution in [0.3, 0.4) is 0 Å². The molecule has 2 aromatic heterocycles. The van der Waals surface area contributed by atoms with Crippen LogP contribution in [-0.4, -0.2) is 37.0 Å². The number of aryl methyl sites for hydroxylation is 2. The molecule has 2 unspecified atom stereocenters. The molecule has 0 aromatic carbocycles. The Morgan fingerprint density at radius 1 is 0.846 bits per heavy atom. The maximum Gasteiger partial charge on any atom is 0.264 e. The number of nitrogens with zero attached hydrogens (tertiary/aromatic N) is 10.